The number of urea groups is 1. The Morgan fingerprint density at radius 3 is 2.16 bits per heavy atom. The van der Waals surface area contributed by atoms with E-state index in [0.717, 1.165) is 4.90 Å². The molecule has 0 unspecified atom stereocenters. The molecule has 0 bridgehead atoms. The number of amides is 4. The van der Waals surface area contributed by atoms with Crippen LogP contribution in [0.1, 0.15) is 16.8 Å². The lowest BCUT2D eigenvalue weighted by Crippen LogP contribution is -2.65. The number of carbonyl (C=O) groups is 3. The number of likely N-dealkylation sites (tertiary alicyclic amines) is 1. The fraction of sp³-hybridized carbons (Fsp3) is 0.160. The minimum atomic E-state index is -0.736. The molecule has 0 aliphatic carbocycles. The fourth-order valence-corrected chi connectivity index (χ4v) is 4.21. The number of rotatable bonds is 4. The molecule has 32 heavy (non-hydrogen) atoms. The third-order valence-corrected chi connectivity index (χ3v) is 5.74. The summed E-state index contributed by atoms with van der Waals surface area (Å²) in [6.45, 7) is 0.409. The summed E-state index contributed by atoms with van der Waals surface area (Å²) in [6.07, 6.45) is 0.540. The van der Waals surface area contributed by atoms with Crippen LogP contribution in [0.25, 0.3) is 0 Å². The SMILES string of the molecule is O=C1N[C@@H]2CCN(C(=O)c3ccccc3)[C@@H]2C(=O)N1c1ccc(Oc2ccccc2)cc1. The van der Waals surface area contributed by atoms with Crippen LogP contribution in [0.3, 0.4) is 0 Å². The number of anilines is 1. The van der Waals surface area contributed by atoms with E-state index >= 15 is 0 Å². The van der Waals surface area contributed by atoms with Gasteiger partial charge in [0, 0.05) is 12.1 Å². The number of hydrogen-bond donors (Lipinski definition) is 1. The van der Waals surface area contributed by atoms with Gasteiger partial charge in [-0.3, -0.25) is 9.59 Å². The van der Waals surface area contributed by atoms with E-state index in [9.17, 15) is 14.4 Å². The lowest BCUT2D eigenvalue weighted by atomic mass is 10.0. The molecular weight excluding hydrogens is 406 g/mol. The number of fused-ring (bicyclic) bond motifs is 1. The highest BCUT2D eigenvalue weighted by atomic mass is 16.5. The average molecular weight is 427 g/mol. The number of para-hydroxylation sites is 1. The first-order valence-corrected chi connectivity index (χ1v) is 10.5. The van der Waals surface area contributed by atoms with Crippen molar-refractivity contribution in [2.75, 3.05) is 11.4 Å². The standard InChI is InChI=1S/C25H21N3O4/c29-23(17-7-3-1-4-8-17)27-16-15-21-22(27)24(30)28(25(31)26-21)18-11-13-20(14-12-18)32-19-9-5-2-6-10-19/h1-14,21-22H,15-16H2,(H,26,31)/t21-,22+/m1/s1. The summed E-state index contributed by atoms with van der Waals surface area (Å²) >= 11 is 0. The number of imide groups is 1. The van der Waals surface area contributed by atoms with E-state index in [1.165, 1.54) is 0 Å². The zero-order valence-electron chi connectivity index (χ0n) is 17.2. The van der Waals surface area contributed by atoms with E-state index in [1.54, 1.807) is 53.4 Å². The predicted molar refractivity (Wildman–Crippen MR) is 119 cm³/mol. The van der Waals surface area contributed by atoms with Crippen molar-refractivity contribution in [1.82, 2.24) is 10.2 Å². The minimum absolute atomic E-state index is 0.214. The van der Waals surface area contributed by atoms with E-state index in [-0.39, 0.29) is 11.9 Å². The van der Waals surface area contributed by atoms with Gasteiger partial charge in [0.05, 0.1) is 11.7 Å². The molecule has 2 aliphatic heterocycles. The molecule has 2 atom stereocenters. The zero-order valence-corrected chi connectivity index (χ0v) is 17.2. The van der Waals surface area contributed by atoms with Gasteiger partial charge in [0.2, 0.25) is 0 Å². The molecule has 3 aromatic carbocycles. The molecule has 0 saturated carbocycles. The quantitative estimate of drug-likeness (QED) is 0.687. The maximum atomic E-state index is 13.4. The normalized spacial score (nSPS) is 20.0. The minimum Gasteiger partial charge on any atom is -0.457 e. The number of ether oxygens (including phenoxy) is 1. The van der Waals surface area contributed by atoms with Crippen LogP contribution in [-0.2, 0) is 4.79 Å². The van der Waals surface area contributed by atoms with Gasteiger partial charge in [-0.2, -0.15) is 0 Å². The first-order chi connectivity index (χ1) is 15.6. The predicted octanol–water partition coefficient (Wildman–Crippen LogP) is 3.82. The van der Waals surface area contributed by atoms with Crippen LogP contribution in [0.5, 0.6) is 11.5 Å². The summed E-state index contributed by atoms with van der Waals surface area (Å²) in [7, 11) is 0. The van der Waals surface area contributed by atoms with Crippen LogP contribution < -0.4 is 15.0 Å². The Morgan fingerprint density at radius 2 is 1.47 bits per heavy atom. The summed E-state index contributed by atoms with van der Waals surface area (Å²) in [5.41, 5.74) is 0.942. The number of carbonyl (C=O) groups excluding carboxylic acids is 3. The van der Waals surface area contributed by atoms with E-state index < -0.39 is 18.0 Å². The summed E-state index contributed by atoms with van der Waals surface area (Å²) in [6, 6.07) is 23.3. The van der Waals surface area contributed by atoms with Crippen molar-refractivity contribution in [2.45, 2.75) is 18.5 Å². The van der Waals surface area contributed by atoms with Crippen molar-refractivity contribution >= 4 is 23.5 Å². The van der Waals surface area contributed by atoms with Gasteiger partial charge < -0.3 is 15.0 Å². The third kappa shape index (κ3) is 3.58. The second kappa shape index (κ2) is 8.19. The van der Waals surface area contributed by atoms with E-state index in [2.05, 4.69) is 5.32 Å². The number of nitrogens with one attached hydrogen (secondary N) is 1. The molecule has 0 radical (unpaired) electrons. The summed E-state index contributed by atoms with van der Waals surface area (Å²) in [4.78, 5) is 41.8. The van der Waals surface area contributed by atoms with Crippen molar-refractivity contribution in [3.05, 3.63) is 90.5 Å². The largest absolute Gasteiger partial charge is 0.457 e. The number of nitrogens with zero attached hydrogens (tertiary/aromatic N) is 2. The molecule has 4 amide bonds. The molecule has 2 aliphatic rings. The second-order valence-electron chi connectivity index (χ2n) is 7.74. The lowest BCUT2D eigenvalue weighted by molar-refractivity contribution is -0.122. The van der Waals surface area contributed by atoms with Crippen molar-refractivity contribution in [3.8, 4) is 11.5 Å². The molecule has 2 fully saturated rings. The average Bonchev–Trinajstić information content (AvgIpc) is 3.25. The number of benzene rings is 3. The van der Waals surface area contributed by atoms with Crippen LogP contribution in [0.15, 0.2) is 84.9 Å². The van der Waals surface area contributed by atoms with E-state index in [1.807, 2.05) is 36.4 Å². The summed E-state index contributed by atoms with van der Waals surface area (Å²) in [5, 5.41) is 2.89. The molecule has 3 aromatic rings. The Morgan fingerprint density at radius 1 is 0.844 bits per heavy atom. The second-order valence-corrected chi connectivity index (χ2v) is 7.74. The highest BCUT2D eigenvalue weighted by Gasteiger charge is 2.50. The van der Waals surface area contributed by atoms with Gasteiger partial charge in [-0.15, -0.1) is 0 Å². The fourth-order valence-electron chi connectivity index (χ4n) is 4.21. The van der Waals surface area contributed by atoms with Gasteiger partial charge in [0.25, 0.3) is 11.8 Å². The van der Waals surface area contributed by atoms with Crippen LogP contribution in [0.2, 0.25) is 0 Å². The van der Waals surface area contributed by atoms with Crippen molar-refractivity contribution < 1.29 is 19.1 Å². The molecule has 160 valence electrons. The molecular formula is C25H21N3O4. The lowest BCUT2D eigenvalue weighted by Gasteiger charge is -2.36. The van der Waals surface area contributed by atoms with Gasteiger partial charge >= 0.3 is 6.03 Å². The van der Waals surface area contributed by atoms with Crippen molar-refractivity contribution in [2.24, 2.45) is 0 Å². The molecule has 7 heteroatoms. The maximum Gasteiger partial charge on any atom is 0.329 e. The van der Waals surface area contributed by atoms with Gasteiger partial charge in [0.1, 0.15) is 17.5 Å². The highest BCUT2D eigenvalue weighted by Crippen LogP contribution is 2.30. The van der Waals surface area contributed by atoms with Crippen molar-refractivity contribution in [3.63, 3.8) is 0 Å². The summed E-state index contributed by atoms with van der Waals surface area (Å²) < 4.78 is 5.78. The van der Waals surface area contributed by atoms with Crippen LogP contribution in [0, 0.1) is 0 Å². The topological polar surface area (TPSA) is 79.0 Å². The van der Waals surface area contributed by atoms with Gasteiger partial charge in [-0.25, -0.2) is 9.69 Å². The van der Waals surface area contributed by atoms with E-state index in [0.29, 0.717) is 35.7 Å². The molecule has 5 rings (SSSR count). The molecule has 0 spiro atoms. The van der Waals surface area contributed by atoms with E-state index in [4.69, 9.17) is 4.74 Å². The molecule has 7 nitrogen and oxygen atoms in total. The smallest absolute Gasteiger partial charge is 0.329 e. The first kappa shape index (κ1) is 19.8. The highest BCUT2D eigenvalue weighted by molar-refractivity contribution is 6.19. The molecule has 2 heterocycles. The Balaban J connectivity index is 1.37. The van der Waals surface area contributed by atoms with Crippen LogP contribution in [0.4, 0.5) is 10.5 Å². The maximum absolute atomic E-state index is 13.4. The van der Waals surface area contributed by atoms with Crippen LogP contribution in [-0.4, -0.2) is 41.4 Å². The summed E-state index contributed by atoms with van der Waals surface area (Å²) in [5.74, 6) is 0.659. The first-order valence-electron chi connectivity index (χ1n) is 10.5. The van der Waals surface area contributed by atoms with Crippen LogP contribution >= 0.6 is 0 Å². The Labute approximate surface area is 185 Å². The van der Waals surface area contributed by atoms with Gasteiger partial charge in [-0.1, -0.05) is 36.4 Å². The zero-order chi connectivity index (χ0) is 22.1. The Bertz CT molecular complexity index is 1150. The molecule has 1 N–H and O–H groups in total. The van der Waals surface area contributed by atoms with Gasteiger partial charge in [0.15, 0.2) is 0 Å². The molecule has 2 saturated heterocycles. The van der Waals surface area contributed by atoms with Gasteiger partial charge in [-0.05, 0) is 55.0 Å². The monoisotopic (exact) mass is 427 g/mol. The number of hydrogen-bond acceptors (Lipinski definition) is 4. The third-order valence-electron chi connectivity index (χ3n) is 5.74. The Hall–Kier alpha value is -4.13. The Kier molecular flexibility index (Phi) is 5.07. The molecule has 0 aromatic heterocycles. The van der Waals surface area contributed by atoms with Crippen molar-refractivity contribution in [1.29, 1.82) is 0 Å².